The van der Waals surface area contributed by atoms with Crippen molar-refractivity contribution in [3.63, 3.8) is 0 Å². The number of nitrogens with one attached hydrogen (secondary N) is 1. The summed E-state index contributed by atoms with van der Waals surface area (Å²) in [6, 6.07) is 0. The number of rotatable bonds is 2. The highest BCUT2D eigenvalue weighted by molar-refractivity contribution is 5.03. The third kappa shape index (κ3) is 2.01. The summed E-state index contributed by atoms with van der Waals surface area (Å²) in [5.74, 6) is 0.587. The highest BCUT2D eigenvalue weighted by atomic mass is 16.3. The minimum absolute atomic E-state index is 0.114. The summed E-state index contributed by atoms with van der Waals surface area (Å²) in [4.78, 5) is 0. The first-order valence-corrected chi connectivity index (χ1v) is 6.66. The van der Waals surface area contributed by atoms with Crippen LogP contribution in [0.3, 0.4) is 0 Å². The summed E-state index contributed by atoms with van der Waals surface area (Å²) in [7, 11) is 0. The molecular formula is C13H25NO2. The molecule has 0 radical (unpaired) electrons. The largest absolute Gasteiger partial charge is 0.396 e. The molecular weight excluding hydrogens is 202 g/mol. The van der Waals surface area contributed by atoms with Crippen LogP contribution >= 0.6 is 0 Å². The van der Waals surface area contributed by atoms with Crippen molar-refractivity contribution >= 4 is 0 Å². The van der Waals surface area contributed by atoms with E-state index in [0.717, 1.165) is 45.2 Å². The number of hydrogen-bond acceptors (Lipinski definition) is 3. The molecule has 0 aromatic carbocycles. The van der Waals surface area contributed by atoms with Gasteiger partial charge in [0.05, 0.1) is 12.2 Å². The van der Waals surface area contributed by atoms with Crippen LogP contribution in [0.5, 0.6) is 0 Å². The van der Waals surface area contributed by atoms with E-state index in [1.807, 2.05) is 0 Å². The van der Waals surface area contributed by atoms with Gasteiger partial charge in [-0.15, -0.1) is 0 Å². The number of aliphatic hydroxyl groups is 2. The quantitative estimate of drug-likeness (QED) is 0.666. The lowest BCUT2D eigenvalue weighted by Crippen LogP contribution is -2.59. The van der Waals surface area contributed by atoms with Gasteiger partial charge in [0.25, 0.3) is 0 Å². The SMILES string of the molecule is CC1CCCC(O)(C2(CO)CCCNC2)C1. The maximum absolute atomic E-state index is 10.9. The third-order valence-corrected chi connectivity index (χ3v) is 4.74. The number of aliphatic hydroxyl groups excluding tert-OH is 1. The average molecular weight is 227 g/mol. The van der Waals surface area contributed by atoms with E-state index < -0.39 is 5.60 Å². The number of hydrogen-bond donors (Lipinski definition) is 3. The lowest BCUT2D eigenvalue weighted by Gasteiger charge is -2.52. The minimum Gasteiger partial charge on any atom is -0.396 e. The second-order valence-corrected chi connectivity index (χ2v) is 5.95. The molecule has 0 bridgehead atoms. The fraction of sp³-hybridized carbons (Fsp3) is 1.00. The van der Waals surface area contributed by atoms with Crippen LogP contribution in [-0.4, -0.2) is 35.5 Å². The normalized spacial score (nSPS) is 45.6. The first-order valence-electron chi connectivity index (χ1n) is 6.66. The monoisotopic (exact) mass is 227 g/mol. The Bertz CT molecular complexity index is 238. The zero-order valence-corrected chi connectivity index (χ0v) is 10.3. The van der Waals surface area contributed by atoms with Gasteiger partial charge in [0.1, 0.15) is 0 Å². The topological polar surface area (TPSA) is 52.5 Å². The van der Waals surface area contributed by atoms with Crippen LogP contribution in [0.15, 0.2) is 0 Å². The molecule has 1 heterocycles. The predicted octanol–water partition coefficient (Wildman–Crippen LogP) is 1.29. The van der Waals surface area contributed by atoms with Gasteiger partial charge in [0.2, 0.25) is 0 Å². The first-order chi connectivity index (χ1) is 7.62. The third-order valence-electron chi connectivity index (χ3n) is 4.74. The maximum atomic E-state index is 10.9. The van der Waals surface area contributed by atoms with Crippen molar-refractivity contribution < 1.29 is 10.2 Å². The highest BCUT2D eigenvalue weighted by Crippen LogP contribution is 2.47. The molecule has 0 spiro atoms. The maximum Gasteiger partial charge on any atom is 0.0740 e. The smallest absolute Gasteiger partial charge is 0.0740 e. The molecule has 1 saturated carbocycles. The lowest BCUT2D eigenvalue weighted by molar-refractivity contribution is -0.147. The molecule has 94 valence electrons. The van der Waals surface area contributed by atoms with E-state index in [0.29, 0.717) is 5.92 Å². The van der Waals surface area contributed by atoms with Gasteiger partial charge in [-0.1, -0.05) is 19.8 Å². The summed E-state index contributed by atoms with van der Waals surface area (Å²) in [6.45, 7) is 4.12. The minimum atomic E-state index is -0.646. The molecule has 2 aliphatic rings. The van der Waals surface area contributed by atoms with Gasteiger partial charge in [-0.25, -0.2) is 0 Å². The van der Waals surface area contributed by atoms with Crippen LogP contribution in [0.1, 0.15) is 45.4 Å². The van der Waals surface area contributed by atoms with E-state index >= 15 is 0 Å². The molecule has 1 aliphatic carbocycles. The molecule has 3 atom stereocenters. The van der Waals surface area contributed by atoms with Crippen molar-refractivity contribution in [1.29, 1.82) is 0 Å². The van der Waals surface area contributed by atoms with Crippen molar-refractivity contribution in [3.8, 4) is 0 Å². The van der Waals surface area contributed by atoms with Crippen molar-refractivity contribution in [2.45, 2.75) is 51.0 Å². The first kappa shape index (κ1) is 12.3. The summed E-state index contributed by atoms with van der Waals surface area (Å²) < 4.78 is 0. The van der Waals surface area contributed by atoms with Gasteiger partial charge >= 0.3 is 0 Å². The molecule has 3 heteroatoms. The fourth-order valence-corrected chi connectivity index (χ4v) is 3.65. The molecule has 3 N–H and O–H groups in total. The summed E-state index contributed by atoms with van der Waals surface area (Å²) >= 11 is 0. The van der Waals surface area contributed by atoms with Gasteiger partial charge in [-0.05, 0) is 38.1 Å². The van der Waals surface area contributed by atoms with Gasteiger partial charge in [-0.2, -0.15) is 0 Å². The van der Waals surface area contributed by atoms with Gasteiger partial charge in [-0.3, -0.25) is 0 Å². The van der Waals surface area contributed by atoms with Crippen LogP contribution in [0.4, 0.5) is 0 Å². The summed E-state index contributed by atoms with van der Waals surface area (Å²) in [5, 5.41) is 24.0. The molecule has 3 unspecified atom stereocenters. The molecule has 0 aromatic heterocycles. The van der Waals surface area contributed by atoms with Crippen LogP contribution in [0, 0.1) is 11.3 Å². The Morgan fingerprint density at radius 3 is 2.69 bits per heavy atom. The number of piperidine rings is 1. The van der Waals surface area contributed by atoms with E-state index in [1.54, 1.807) is 0 Å². The summed E-state index contributed by atoms with van der Waals surface area (Å²) in [5.41, 5.74) is -0.938. The van der Waals surface area contributed by atoms with Crippen molar-refractivity contribution in [3.05, 3.63) is 0 Å². The summed E-state index contributed by atoms with van der Waals surface area (Å²) in [6.07, 6.45) is 6.06. The van der Waals surface area contributed by atoms with Gasteiger partial charge in [0, 0.05) is 12.0 Å². The van der Waals surface area contributed by atoms with Crippen LogP contribution in [-0.2, 0) is 0 Å². The second kappa shape index (κ2) is 4.63. The van der Waals surface area contributed by atoms with Gasteiger partial charge < -0.3 is 15.5 Å². The van der Waals surface area contributed by atoms with Gasteiger partial charge in [0.15, 0.2) is 0 Å². The molecule has 16 heavy (non-hydrogen) atoms. The molecule has 0 amide bonds. The lowest BCUT2D eigenvalue weighted by atomic mass is 9.60. The Hall–Kier alpha value is -0.120. The van der Waals surface area contributed by atoms with Crippen LogP contribution < -0.4 is 5.32 Å². The Kier molecular flexibility index (Phi) is 3.57. The zero-order chi connectivity index (χ0) is 11.6. The average Bonchev–Trinajstić information content (AvgIpc) is 2.29. The zero-order valence-electron chi connectivity index (χ0n) is 10.3. The molecule has 3 nitrogen and oxygen atoms in total. The van der Waals surface area contributed by atoms with Crippen molar-refractivity contribution in [2.75, 3.05) is 19.7 Å². The Morgan fingerprint density at radius 2 is 2.12 bits per heavy atom. The Morgan fingerprint density at radius 1 is 1.31 bits per heavy atom. The fourth-order valence-electron chi connectivity index (χ4n) is 3.65. The van der Waals surface area contributed by atoms with E-state index in [1.165, 1.54) is 6.42 Å². The van der Waals surface area contributed by atoms with E-state index in [-0.39, 0.29) is 12.0 Å². The second-order valence-electron chi connectivity index (χ2n) is 5.95. The molecule has 0 aromatic rings. The van der Waals surface area contributed by atoms with Crippen LogP contribution in [0.25, 0.3) is 0 Å². The predicted molar refractivity (Wildman–Crippen MR) is 64.2 cm³/mol. The van der Waals surface area contributed by atoms with Crippen molar-refractivity contribution in [1.82, 2.24) is 5.32 Å². The van der Waals surface area contributed by atoms with E-state index in [2.05, 4.69) is 12.2 Å². The molecule has 2 fully saturated rings. The van der Waals surface area contributed by atoms with E-state index in [9.17, 15) is 10.2 Å². The Labute approximate surface area is 98.2 Å². The Balaban J connectivity index is 2.17. The molecule has 1 aliphatic heterocycles. The standard InChI is InChI=1S/C13H25NO2/c1-11-4-2-6-13(16,8-11)12(10-15)5-3-7-14-9-12/h11,14-16H,2-10H2,1H3. The van der Waals surface area contributed by atoms with Crippen LogP contribution in [0.2, 0.25) is 0 Å². The molecule has 2 rings (SSSR count). The highest BCUT2D eigenvalue weighted by Gasteiger charge is 2.51. The van der Waals surface area contributed by atoms with Crippen molar-refractivity contribution in [2.24, 2.45) is 11.3 Å². The van der Waals surface area contributed by atoms with E-state index in [4.69, 9.17) is 0 Å². The molecule has 1 saturated heterocycles.